The Hall–Kier alpha value is -0.820. The van der Waals surface area contributed by atoms with Gasteiger partial charge in [0.2, 0.25) is 0 Å². The van der Waals surface area contributed by atoms with Gasteiger partial charge in [0, 0.05) is 25.3 Å². The lowest BCUT2D eigenvalue weighted by molar-refractivity contribution is 0.435. The molecule has 19 heavy (non-hydrogen) atoms. The highest BCUT2D eigenvalue weighted by Gasteiger charge is 2.17. The molecule has 5 nitrogen and oxygen atoms in total. The Morgan fingerprint density at radius 2 is 1.68 bits per heavy atom. The van der Waals surface area contributed by atoms with Crippen LogP contribution in [0.2, 0.25) is 0 Å². The van der Waals surface area contributed by atoms with Crippen LogP contribution < -0.4 is 10.5 Å². The maximum atomic E-state index is 11.8. The Bertz CT molecular complexity index is 458. The second-order valence-corrected chi connectivity index (χ2v) is 5.73. The van der Waals surface area contributed by atoms with Crippen molar-refractivity contribution >= 4 is 28.3 Å². The van der Waals surface area contributed by atoms with Crippen molar-refractivity contribution < 1.29 is 8.42 Å². The van der Waals surface area contributed by atoms with Crippen LogP contribution in [0.25, 0.3) is 0 Å². The quantitative estimate of drug-likeness (QED) is 0.748. The van der Waals surface area contributed by atoms with Crippen molar-refractivity contribution in [3.8, 4) is 0 Å². The van der Waals surface area contributed by atoms with E-state index in [1.165, 1.54) is 4.31 Å². The number of nitrogens with two attached hydrogens (primary N) is 1. The zero-order valence-electron chi connectivity index (χ0n) is 11.3. The molecule has 0 radical (unpaired) electrons. The van der Waals surface area contributed by atoms with Crippen LogP contribution in [-0.2, 0) is 16.6 Å². The number of nitrogens with zero attached hydrogens (tertiary/aromatic N) is 1. The van der Waals surface area contributed by atoms with Crippen LogP contribution in [0.15, 0.2) is 24.3 Å². The molecule has 0 fully saturated rings. The fraction of sp³-hybridized carbons (Fsp3) is 0.500. The first-order valence-corrected chi connectivity index (χ1v) is 7.52. The molecule has 0 spiro atoms. The van der Waals surface area contributed by atoms with E-state index in [9.17, 15) is 8.42 Å². The summed E-state index contributed by atoms with van der Waals surface area (Å²) in [6.45, 7) is 5.00. The molecule has 0 saturated heterocycles. The molecule has 0 heterocycles. The van der Waals surface area contributed by atoms with E-state index in [0.717, 1.165) is 5.56 Å². The van der Waals surface area contributed by atoms with Crippen LogP contribution in [-0.4, -0.2) is 32.4 Å². The van der Waals surface area contributed by atoms with Crippen molar-refractivity contribution in [3.05, 3.63) is 29.8 Å². The van der Waals surface area contributed by atoms with Crippen molar-refractivity contribution in [2.45, 2.75) is 20.3 Å². The van der Waals surface area contributed by atoms with E-state index in [-0.39, 0.29) is 12.4 Å². The molecule has 0 aliphatic heterocycles. The first-order chi connectivity index (χ1) is 8.49. The summed E-state index contributed by atoms with van der Waals surface area (Å²) in [7, 11) is -3.34. The van der Waals surface area contributed by atoms with Crippen LogP contribution in [0.4, 0.5) is 5.69 Å². The summed E-state index contributed by atoms with van der Waals surface area (Å²) >= 11 is 0. The summed E-state index contributed by atoms with van der Waals surface area (Å²) < 4.78 is 27.7. The van der Waals surface area contributed by atoms with Gasteiger partial charge in [-0.15, -0.1) is 12.4 Å². The van der Waals surface area contributed by atoms with E-state index in [1.807, 2.05) is 38.1 Å². The molecule has 0 amide bonds. The predicted octanol–water partition coefficient (Wildman–Crippen LogP) is 1.41. The predicted molar refractivity (Wildman–Crippen MR) is 81.6 cm³/mol. The van der Waals surface area contributed by atoms with Gasteiger partial charge in [0.25, 0.3) is 10.2 Å². The summed E-state index contributed by atoms with van der Waals surface area (Å²) in [4.78, 5) is 0. The molecule has 1 aromatic carbocycles. The summed E-state index contributed by atoms with van der Waals surface area (Å²) in [5.41, 5.74) is 7.35. The van der Waals surface area contributed by atoms with E-state index in [4.69, 9.17) is 5.73 Å². The molecular weight excluding hydrogens is 286 g/mol. The molecule has 3 N–H and O–H groups in total. The molecule has 0 atom stereocenters. The van der Waals surface area contributed by atoms with E-state index in [1.54, 1.807) is 0 Å². The fourth-order valence-electron chi connectivity index (χ4n) is 1.66. The Kier molecular flexibility index (Phi) is 8.01. The largest absolute Gasteiger partial charge is 0.399 e. The van der Waals surface area contributed by atoms with Crippen molar-refractivity contribution in [1.82, 2.24) is 9.03 Å². The SMILES string of the molecule is CCN(CC)S(=O)(=O)NCCc1ccc(N)cc1.Cl. The minimum Gasteiger partial charge on any atom is -0.399 e. The number of halogens is 1. The third-order valence-electron chi connectivity index (χ3n) is 2.72. The molecule has 0 bridgehead atoms. The normalized spacial score (nSPS) is 11.3. The van der Waals surface area contributed by atoms with Crippen LogP contribution in [0, 0.1) is 0 Å². The van der Waals surface area contributed by atoms with E-state index in [2.05, 4.69) is 4.72 Å². The Balaban J connectivity index is 0.00000324. The highest BCUT2D eigenvalue weighted by molar-refractivity contribution is 7.87. The van der Waals surface area contributed by atoms with Crippen LogP contribution in [0.5, 0.6) is 0 Å². The number of nitrogen functional groups attached to an aromatic ring is 1. The van der Waals surface area contributed by atoms with Crippen LogP contribution in [0.3, 0.4) is 0 Å². The molecule has 0 aliphatic rings. The second kappa shape index (κ2) is 8.37. The van der Waals surface area contributed by atoms with Crippen LogP contribution in [0.1, 0.15) is 19.4 Å². The summed E-state index contributed by atoms with van der Waals surface area (Å²) in [6, 6.07) is 7.44. The number of anilines is 1. The van der Waals surface area contributed by atoms with Gasteiger partial charge in [0.15, 0.2) is 0 Å². The third kappa shape index (κ3) is 5.78. The highest BCUT2D eigenvalue weighted by atomic mass is 35.5. The Morgan fingerprint density at radius 3 is 2.16 bits per heavy atom. The van der Waals surface area contributed by atoms with Crippen molar-refractivity contribution in [1.29, 1.82) is 0 Å². The lowest BCUT2D eigenvalue weighted by Crippen LogP contribution is -2.41. The topological polar surface area (TPSA) is 75.4 Å². The van der Waals surface area contributed by atoms with Gasteiger partial charge in [-0.25, -0.2) is 4.72 Å². The van der Waals surface area contributed by atoms with Gasteiger partial charge >= 0.3 is 0 Å². The summed E-state index contributed by atoms with van der Waals surface area (Å²) in [5, 5.41) is 0. The maximum absolute atomic E-state index is 11.8. The molecule has 0 unspecified atom stereocenters. The van der Waals surface area contributed by atoms with Gasteiger partial charge < -0.3 is 5.73 Å². The number of hydrogen-bond acceptors (Lipinski definition) is 3. The Morgan fingerprint density at radius 1 is 1.16 bits per heavy atom. The second-order valence-electron chi connectivity index (χ2n) is 3.98. The van der Waals surface area contributed by atoms with E-state index >= 15 is 0 Å². The minimum atomic E-state index is -3.34. The average Bonchev–Trinajstić information content (AvgIpc) is 2.32. The Labute approximate surface area is 121 Å². The molecular formula is C12H22ClN3O2S. The van der Waals surface area contributed by atoms with Gasteiger partial charge in [-0.05, 0) is 24.1 Å². The van der Waals surface area contributed by atoms with Crippen molar-refractivity contribution in [2.24, 2.45) is 0 Å². The molecule has 110 valence electrons. The number of nitrogens with one attached hydrogen (secondary N) is 1. The summed E-state index contributed by atoms with van der Waals surface area (Å²) in [6.07, 6.45) is 0.654. The molecule has 1 aromatic rings. The maximum Gasteiger partial charge on any atom is 0.279 e. The van der Waals surface area contributed by atoms with E-state index in [0.29, 0.717) is 31.7 Å². The lowest BCUT2D eigenvalue weighted by atomic mass is 10.1. The minimum absolute atomic E-state index is 0. The smallest absolute Gasteiger partial charge is 0.279 e. The van der Waals surface area contributed by atoms with Crippen LogP contribution >= 0.6 is 12.4 Å². The standard InChI is InChI=1S/C12H21N3O2S.ClH/c1-3-15(4-2)18(16,17)14-10-9-11-5-7-12(13)8-6-11;/h5-8,14H,3-4,9-10,13H2,1-2H3;1H. The zero-order valence-corrected chi connectivity index (χ0v) is 12.9. The van der Waals surface area contributed by atoms with Gasteiger partial charge in [0.1, 0.15) is 0 Å². The zero-order chi connectivity index (χ0) is 13.6. The van der Waals surface area contributed by atoms with Gasteiger partial charge in [0.05, 0.1) is 0 Å². The monoisotopic (exact) mass is 307 g/mol. The number of benzene rings is 1. The lowest BCUT2D eigenvalue weighted by Gasteiger charge is -2.18. The van der Waals surface area contributed by atoms with Crippen molar-refractivity contribution in [3.63, 3.8) is 0 Å². The first-order valence-electron chi connectivity index (χ1n) is 6.08. The number of rotatable bonds is 7. The molecule has 0 aliphatic carbocycles. The fourth-order valence-corrected chi connectivity index (χ4v) is 2.89. The van der Waals surface area contributed by atoms with E-state index < -0.39 is 10.2 Å². The molecule has 0 saturated carbocycles. The van der Waals surface area contributed by atoms with Gasteiger partial charge in [-0.1, -0.05) is 26.0 Å². The average molecular weight is 308 g/mol. The summed E-state index contributed by atoms with van der Waals surface area (Å²) in [5.74, 6) is 0. The van der Waals surface area contributed by atoms with Crippen molar-refractivity contribution in [2.75, 3.05) is 25.4 Å². The number of hydrogen-bond donors (Lipinski definition) is 2. The molecule has 1 rings (SSSR count). The molecule has 0 aromatic heterocycles. The highest BCUT2D eigenvalue weighted by Crippen LogP contribution is 2.06. The molecule has 7 heteroatoms. The third-order valence-corrected chi connectivity index (χ3v) is 4.49. The van der Waals surface area contributed by atoms with Gasteiger partial charge in [-0.2, -0.15) is 12.7 Å². The van der Waals surface area contributed by atoms with Gasteiger partial charge in [-0.3, -0.25) is 0 Å². The first kappa shape index (κ1) is 18.2.